The lowest BCUT2D eigenvalue weighted by Gasteiger charge is -2.08. The molecule has 0 bridgehead atoms. The Morgan fingerprint density at radius 2 is 2.09 bits per heavy atom. The van der Waals surface area contributed by atoms with Gasteiger partial charge in [-0.25, -0.2) is 9.78 Å². The van der Waals surface area contributed by atoms with Gasteiger partial charge in [0.2, 0.25) is 0 Å². The quantitative estimate of drug-likeness (QED) is 0.736. The van der Waals surface area contributed by atoms with Crippen molar-refractivity contribution < 1.29 is 4.79 Å². The molecule has 0 spiro atoms. The Bertz CT molecular complexity index is 597. The highest BCUT2D eigenvalue weighted by molar-refractivity contribution is 5.73. The Hall–Kier alpha value is -2.30. The second kappa shape index (κ2) is 7.81. The molecule has 122 valence electrons. The third-order valence-corrected chi connectivity index (χ3v) is 4.36. The molecule has 1 heterocycles. The second-order valence-corrected chi connectivity index (χ2v) is 6.16. The zero-order chi connectivity index (χ0) is 15.9. The molecule has 23 heavy (non-hydrogen) atoms. The maximum absolute atomic E-state index is 11.8. The number of aryl methyl sites for hydroxylation is 1. The van der Waals surface area contributed by atoms with Crippen LogP contribution >= 0.6 is 0 Å². The van der Waals surface area contributed by atoms with Crippen molar-refractivity contribution in [3.8, 4) is 0 Å². The number of nitrogens with zero attached hydrogens (tertiary/aromatic N) is 2. The molecule has 1 fully saturated rings. The van der Waals surface area contributed by atoms with Crippen molar-refractivity contribution in [1.29, 1.82) is 0 Å². The summed E-state index contributed by atoms with van der Waals surface area (Å²) in [4.78, 5) is 15.8. The van der Waals surface area contributed by atoms with Crippen LogP contribution in [-0.4, -0.2) is 28.7 Å². The number of carbonyl (C=O) groups is 1. The van der Waals surface area contributed by atoms with Gasteiger partial charge in [0.05, 0.1) is 6.33 Å². The maximum atomic E-state index is 11.8. The van der Waals surface area contributed by atoms with Crippen LogP contribution < -0.4 is 10.6 Å². The number of benzene rings is 1. The molecular weight excluding hydrogens is 288 g/mol. The average molecular weight is 312 g/mol. The average Bonchev–Trinajstić information content (AvgIpc) is 3.18. The van der Waals surface area contributed by atoms with E-state index in [0.29, 0.717) is 18.4 Å². The smallest absolute Gasteiger partial charge is 0.314 e. The molecule has 0 aliphatic heterocycles. The number of aromatic nitrogens is 2. The number of unbranched alkanes of at least 4 members (excludes halogenated alkanes) is 1. The Kier molecular flexibility index (Phi) is 5.29. The number of nitrogens with one attached hydrogen (secondary N) is 2. The summed E-state index contributed by atoms with van der Waals surface area (Å²) >= 11 is 0. The highest BCUT2D eigenvalue weighted by Gasteiger charge is 2.37. The van der Waals surface area contributed by atoms with Crippen LogP contribution in [0.2, 0.25) is 0 Å². The van der Waals surface area contributed by atoms with Gasteiger partial charge in [-0.05, 0) is 36.7 Å². The SMILES string of the molecule is O=C(NCCCCn1ccnc1)NC[C@H]1C[C@@H]1c1ccccc1. The number of rotatable bonds is 8. The lowest BCUT2D eigenvalue weighted by atomic mass is 10.1. The van der Waals surface area contributed by atoms with Crippen LogP contribution in [0, 0.1) is 5.92 Å². The van der Waals surface area contributed by atoms with Crippen molar-refractivity contribution in [2.24, 2.45) is 5.92 Å². The van der Waals surface area contributed by atoms with E-state index >= 15 is 0 Å². The summed E-state index contributed by atoms with van der Waals surface area (Å²) in [6.07, 6.45) is 8.75. The number of imidazole rings is 1. The molecule has 1 aromatic carbocycles. The summed E-state index contributed by atoms with van der Waals surface area (Å²) < 4.78 is 2.05. The molecule has 2 aromatic rings. The summed E-state index contributed by atoms with van der Waals surface area (Å²) in [7, 11) is 0. The number of hydrogen-bond acceptors (Lipinski definition) is 2. The second-order valence-electron chi connectivity index (χ2n) is 6.16. The zero-order valence-corrected chi connectivity index (χ0v) is 13.3. The molecule has 2 amide bonds. The third-order valence-electron chi connectivity index (χ3n) is 4.36. The molecule has 1 aliphatic rings. The Labute approximate surface area is 137 Å². The fourth-order valence-electron chi connectivity index (χ4n) is 2.91. The van der Waals surface area contributed by atoms with Crippen LogP contribution in [0.25, 0.3) is 0 Å². The van der Waals surface area contributed by atoms with Crippen molar-refractivity contribution >= 4 is 6.03 Å². The van der Waals surface area contributed by atoms with E-state index in [9.17, 15) is 4.79 Å². The predicted octanol–water partition coefficient (Wildman–Crippen LogP) is 2.77. The van der Waals surface area contributed by atoms with Gasteiger partial charge in [-0.3, -0.25) is 0 Å². The minimum Gasteiger partial charge on any atom is -0.338 e. The summed E-state index contributed by atoms with van der Waals surface area (Å²) in [5.74, 6) is 1.20. The Morgan fingerprint density at radius 1 is 1.22 bits per heavy atom. The molecule has 0 unspecified atom stereocenters. The van der Waals surface area contributed by atoms with E-state index < -0.39 is 0 Å². The van der Waals surface area contributed by atoms with Gasteiger partial charge in [-0.15, -0.1) is 0 Å². The number of hydrogen-bond donors (Lipinski definition) is 2. The lowest BCUT2D eigenvalue weighted by molar-refractivity contribution is 0.240. The van der Waals surface area contributed by atoms with Crippen LogP contribution in [0.4, 0.5) is 4.79 Å². The molecule has 1 aliphatic carbocycles. The van der Waals surface area contributed by atoms with Crippen LogP contribution in [0.15, 0.2) is 49.1 Å². The fraction of sp³-hybridized carbons (Fsp3) is 0.444. The van der Waals surface area contributed by atoms with E-state index in [1.54, 1.807) is 6.20 Å². The van der Waals surface area contributed by atoms with Crippen molar-refractivity contribution in [2.45, 2.75) is 31.7 Å². The summed E-state index contributed by atoms with van der Waals surface area (Å²) in [6.45, 7) is 2.43. The van der Waals surface area contributed by atoms with Gasteiger partial charge in [0.1, 0.15) is 0 Å². The molecule has 0 radical (unpaired) electrons. The normalized spacial score (nSPS) is 19.3. The van der Waals surface area contributed by atoms with Gasteiger partial charge in [-0.1, -0.05) is 30.3 Å². The van der Waals surface area contributed by atoms with E-state index in [1.165, 1.54) is 12.0 Å². The van der Waals surface area contributed by atoms with Crippen LogP contribution in [-0.2, 0) is 6.54 Å². The van der Waals surface area contributed by atoms with Gasteiger partial charge in [-0.2, -0.15) is 0 Å². The summed E-state index contributed by atoms with van der Waals surface area (Å²) in [5, 5.41) is 5.91. The van der Waals surface area contributed by atoms with Crippen molar-refractivity contribution in [1.82, 2.24) is 20.2 Å². The fourth-order valence-corrected chi connectivity index (χ4v) is 2.91. The Balaban J connectivity index is 1.23. The van der Waals surface area contributed by atoms with E-state index in [-0.39, 0.29) is 6.03 Å². The molecule has 5 heteroatoms. The van der Waals surface area contributed by atoms with E-state index in [4.69, 9.17) is 0 Å². The Morgan fingerprint density at radius 3 is 2.87 bits per heavy atom. The van der Waals surface area contributed by atoms with Crippen molar-refractivity contribution in [2.75, 3.05) is 13.1 Å². The minimum atomic E-state index is -0.0497. The van der Waals surface area contributed by atoms with Crippen molar-refractivity contribution in [3.63, 3.8) is 0 Å². The highest BCUT2D eigenvalue weighted by Crippen LogP contribution is 2.46. The zero-order valence-electron chi connectivity index (χ0n) is 13.3. The van der Waals surface area contributed by atoms with Crippen LogP contribution in [0.1, 0.15) is 30.7 Å². The largest absolute Gasteiger partial charge is 0.338 e. The first kappa shape index (κ1) is 15.6. The number of carbonyl (C=O) groups excluding carboxylic acids is 1. The summed E-state index contributed by atoms with van der Waals surface area (Å²) in [5.41, 5.74) is 1.39. The van der Waals surface area contributed by atoms with Gasteiger partial charge in [0.25, 0.3) is 0 Å². The molecule has 0 saturated heterocycles. The first-order chi connectivity index (χ1) is 11.3. The van der Waals surface area contributed by atoms with E-state index in [0.717, 1.165) is 25.9 Å². The van der Waals surface area contributed by atoms with E-state index in [1.807, 2.05) is 18.6 Å². The molecular formula is C18H24N4O. The predicted molar refractivity (Wildman–Crippen MR) is 90.2 cm³/mol. The van der Waals surface area contributed by atoms with Gasteiger partial charge >= 0.3 is 6.03 Å². The first-order valence-corrected chi connectivity index (χ1v) is 8.35. The first-order valence-electron chi connectivity index (χ1n) is 8.35. The topological polar surface area (TPSA) is 59.0 Å². The lowest BCUT2D eigenvalue weighted by Crippen LogP contribution is -2.37. The number of amides is 2. The molecule has 1 saturated carbocycles. The van der Waals surface area contributed by atoms with Gasteiger partial charge in [0, 0.05) is 32.0 Å². The number of urea groups is 1. The molecule has 3 rings (SSSR count). The third kappa shape index (κ3) is 4.84. The molecule has 1 aromatic heterocycles. The highest BCUT2D eigenvalue weighted by atomic mass is 16.2. The summed E-state index contributed by atoms with van der Waals surface area (Å²) in [6, 6.07) is 10.5. The maximum Gasteiger partial charge on any atom is 0.314 e. The monoisotopic (exact) mass is 312 g/mol. The van der Waals surface area contributed by atoms with Gasteiger partial charge in [0.15, 0.2) is 0 Å². The molecule has 5 nitrogen and oxygen atoms in total. The molecule has 2 N–H and O–H groups in total. The molecule has 2 atom stereocenters. The van der Waals surface area contributed by atoms with E-state index in [2.05, 4.69) is 44.5 Å². The van der Waals surface area contributed by atoms with Crippen LogP contribution in [0.3, 0.4) is 0 Å². The van der Waals surface area contributed by atoms with Gasteiger partial charge < -0.3 is 15.2 Å². The van der Waals surface area contributed by atoms with Crippen molar-refractivity contribution in [3.05, 3.63) is 54.6 Å². The van der Waals surface area contributed by atoms with Crippen LogP contribution in [0.5, 0.6) is 0 Å². The standard InChI is InChI=1S/C18H24N4O/c23-18(20-8-4-5-10-22-11-9-19-14-22)21-13-16-12-17(16)15-6-2-1-3-7-15/h1-3,6-7,9,11,14,16-17H,4-5,8,10,12-13H2,(H2,20,21,23)/t16-,17-/m1/s1. The minimum absolute atomic E-state index is 0.0497.